The molecule has 0 aromatic carbocycles. The first-order valence-corrected chi connectivity index (χ1v) is 10.7. The summed E-state index contributed by atoms with van der Waals surface area (Å²) in [5.74, 6) is 0.731. The summed E-state index contributed by atoms with van der Waals surface area (Å²) in [6.45, 7) is 5.24. The van der Waals surface area contributed by atoms with Gasteiger partial charge in [-0.1, -0.05) is 0 Å². The Labute approximate surface area is 159 Å². The fourth-order valence-corrected chi connectivity index (χ4v) is 4.48. The van der Waals surface area contributed by atoms with Gasteiger partial charge in [-0.3, -0.25) is 9.59 Å². The zero-order valence-electron chi connectivity index (χ0n) is 15.6. The van der Waals surface area contributed by atoms with Crippen LogP contribution < -0.4 is 10.6 Å². The van der Waals surface area contributed by atoms with E-state index >= 15 is 0 Å². The standard InChI is InChI=1S/C19H30N4O2S/c1-14-22-16(13-26-14)6-2-8-18(24)23-10-4-5-15(12-23)11-21-19(25)17-7-3-9-20-17/h13,15,17,20H,2-12H2,1H3,(H,21,25). The Morgan fingerprint density at radius 2 is 2.27 bits per heavy atom. The number of carbonyl (C=O) groups excluding carboxylic acids is 2. The fourth-order valence-electron chi connectivity index (χ4n) is 3.84. The van der Waals surface area contributed by atoms with Gasteiger partial charge in [0.2, 0.25) is 11.8 Å². The van der Waals surface area contributed by atoms with Gasteiger partial charge in [-0.2, -0.15) is 0 Å². The van der Waals surface area contributed by atoms with Crippen molar-refractivity contribution in [1.82, 2.24) is 20.5 Å². The van der Waals surface area contributed by atoms with E-state index in [1.54, 1.807) is 11.3 Å². The SMILES string of the molecule is Cc1nc(CCCC(=O)N2CCCC(CNC(=O)C3CCCN3)C2)cs1. The lowest BCUT2D eigenvalue weighted by atomic mass is 9.97. The van der Waals surface area contributed by atoms with Crippen molar-refractivity contribution < 1.29 is 9.59 Å². The Hall–Kier alpha value is -1.47. The van der Waals surface area contributed by atoms with E-state index in [1.807, 2.05) is 11.8 Å². The molecule has 2 N–H and O–H groups in total. The van der Waals surface area contributed by atoms with Crippen LogP contribution in [0.25, 0.3) is 0 Å². The van der Waals surface area contributed by atoms with Gasteiger partial charge in [-0.05, 0) is 57.9 Å². The molecule has 0 spiro atoms. The lowest BCUT2D eigenvalue weighted by molar-refractivity contribution is -0.133. The number of rotatable bonds is 7. The molecule has 2 saturated heterocycles. The molecule has 2 unspecified atom stereocenters. The maximum absolute atomic E-state index is 12.5. The molecule has 0 aliphatic carbocycles. The van der Waals surface area contributed by atoms with E-state index in [0.717, 1.165) is 68.9 Å². The van der Waals surface area contributed by atoms with E-state index in [2.05, 4.69) is 21.0 Å². The van der Waals surface area contributed by atoms with Gasteiger partial charge >= 0.3 is 0 Å². The number of piperidine rings is 1. The van der Waals surface area contributed by atoms with Gasteiger partial charge in [0.15, 0.2) is 0 Å². The molecule has 3 heterocycles. The van der Waals surface area contributed by atoms with Gasteiger partial charge in [0, 0.05) is 31.4 Å². The number of aryl methyl sites for hydroxylation is 2. The summed E-state index contributed by atoms with van der Waals surface area (Å²) in [6.07, 6.45) is 6.43. The third-order valence-electron chi connectivity index (χ3n) is 5.30. The largest absolute Gasteiger partial charge is 0.354 e. The fraction of sp³-hybridized carbons (Fsp3) is 0.737. The predicted molar refractivity (Wildman–Crippen MR) is 103 cm³/mol. The molecule has 2 fully saturated rings. The Morgan fingerprint density at radius 1 is 1.38 bits per heavy atom. The molecule has 0 bridgehead atoms. The van der Waals surface area contributed by atoms with Gasteiger partial charge in [0.25, 0.3) is 0 Å². The average molecular weight is 379 g/mol. The first-order valence-electron chi connectivity index (χ1n) is 9.81. The summed E-state index contributed by atoms with van der Waals surface area (Å²) in [4.78, 5) is 31.1. The molecule has 3 rings (SSSR count). The van der Waals surface area contributed by atoms with Gasteiger partial charge in [-0.25, -0.2) is 4.98 Å². The van der Waals surface area contributed by atoms with Crippen molar-refractivity contribution in [2.75, 3.05) is 26.2 Å². The van der Waals surface area contributed by atoms with E-state index in [9.17, 15) is 9.59 Å². The minimum absolute atomic E-state index is 0.0225. The maximum Gasteiger partial charge on any atom is 0.237 e. The number of nitrogens with zero attached hydrogens (tertiary/aromatic N) is 2. The first kappa shape index (κ1) is 19.3. The zero-order chi connectivity index (χ0) is 18.4. The van der Waals surface area contributed by atoms with E-state index < -0.39 is 0 Å². The van der Waals surface area contributed by atoms with Crippen LogP contribution in [0.5, 0.6) is 0 Å². The van der Waals surface area contributed by atoms with Crippen molar-refractivity contribution in [3.63, 3.8) is 0 Å². The van der Waals surface area contributed by atoms with Crippen molar-refractivity contribution in [2.24, 2.45) is 5.92 Å². The van der Waals surface area contributed by atoms with E-state index in [1.165, 1.54) is 0 Å². The van der Waals surface area contributed by atoms with Gasteiger partial charge in [0.1, 0.15) is 0 Å². The van der Waals surface area contributed by atoms with Crippen molar-refractivity contribution in [2.45, 2.75) is 57.9 Å². The van der Waals surface area contributed by atoms with Crippen molar-refractivity contribution in [3.8, 4) is 0 Å². The van der Waals surface area contributed by atoms with Crippen LogP contribution in [0.4, 0.5) is 0 Å². The van der Waals surface area contributed by atoms with Crippen LogP contribution in [0, 0.1) is 12.8 Å². The Morgan fingerprint density at radius 3 is 3.00 bits per heavy atom. The van der Waals surface area contributed by atoms with Crippen LogP contribution in [0.3, 0.4) is 0 Å². The molecule has 0 saturated carbocycles. The molecule has 1 aromatic rings. The number of likely N-dealkylation sites (tertiary alicyclic amines) is 1. The minimum atomic E-state index is -0.0225. The minimum Gasteiger partial charge on any atom is -0.354 e. The summed E-state index contributed by atoms with van der Waals surface area (Å²) in [6, 6.07) is -0.0225. The van der Waals surface area contributed by atoms with Crippen LogP contribution in [0.2, 0.25) is 0 Å². The molecule has 2 atom stereocenters. The predicted octanol–water partition coefficient (Wildman–Crippen LogP) is 1.88. The molecule has 26 heavy (non-hydrogen) atoms. The van der Waals surface area contributed by atoms with Crippen LogP contribution in [-0.4, -0.2) is 53.9 Å². The summed E-state index contributed by atoms with van der Waals surface area (Å²) in [5.41, 5.74) is 1.10. The number of amides is 2. The molecule has 1 aromatic heterocycles. The van der Waals surface area contributed by atoms with Gasteiger partial charge in [0.05, 0.1) is 16.7 Å². The number of carbonyl (C=O) groups is 2. The normalized spacial score (nSPS) is 23.2. The molecule has 7 heteroatoms. The van der Waals surface area contributed by atoms with E-state index in [-0.39, 0.29) is 17.9 Å². The molecular weight excluding hydrogens is 348 g/mol. The Kier molecular flexibility index (Phi) is 7.02. The van der Waals surface area contributed by atoms with Crippen LogP contribution >= 0.6 is 11.3 Å². The van der Waals surface area contributed by atoms with Crippen molar-refractivity contribution in [3.05, 3.63) is 16.1 Å². The number of hydrogen-bond acceptors (Lipinski definition) is 5. The van der Waals surface area contributed by atoms with Gasteiger partial charge in [-0.15, -0.1) is 11.3 Å². The highest BCUT2D eigenvalue weighted by molar-refractivity contribution is 7.09. The monoisotopic (exact) mass is 378 g/mol. The van der Waals surface area contributed by atoms with E-state index in [4.69, 9.17) is 0 Å². The second kappa shape index (κ2) is 9.46. The zero-order valence-corrected chi connectivity index (χ0v) is 16.4. The van der Waals surface area contributed by atoms with Gasteiger partial charge < -0.3 is 15.5 Å². The number of thiazole rings is 1. The molecular formula is C19H30N4O2S. The van der Waals surface area contributed by atoms with Crippen LogP contribution in [0.1, 0.15) is 49.2 Å². The third kappa shape index (κ3) is 5.51. The highest BCUT2D eigenvalue weighted by Gasteiger charge is 2.26. The quantitative estimate of drug-likeness (QED) is 0.760. The molecule has 6 nitrogen and oxygen atoms in total. The second-order valence-corrected chi connectivity index (χ2v) is 8.52. The maximum atomic E-state index is 12.5. The first-order chi connectivity index (χ1) is 12.6. The van der Waals surface area contributed by atoms with E-state index in [0.29, 0.717) is 18.9 Å². The summed E-state index contributed by atoms with van der Waals surface area (Å²) < 4.78 is 0. The molecule has 2 aliphatic rings. The second-order valence-electron chi connectivity index (χ2n) is 7.45. The van der Waals surface area contributed by atoms with Crippen molar-refractivity contribution >= 4 is 23.2 Å². The van der Waals surface area contributed by atoms with Crippen LogP contribution in [0.15, 0.2) is 5.38 Å². The molecule has 2 amide bonds. The lowest BCUT2D eigenvalue weighted by Gasteiger charge is -2.33. The topological polar surface area (TPSA) is 74.3 Å². The Bertz CT molecular complexity index is 612. The summed E-state index contributed by atoms with van der Waals surface area (Å²) in [7, 11) is 0. The Balaban J connectivity index is 1.36. The van der Waals surface area contributed by atoms with Crippen LogP contribution in [-0.2, 0) is 16.0 Å². The van der Waals surface area contributed by atoms with Crippen molar-refractivity contribution in [1.29, 1.82) is 0 Å². The molecule has 144 valence electrons. The number of aromatic nitrogens is 1. The smallest absolute Gasteiger partial charge is 0.237 e. The summed E-state index contributed by atoms with van der Waals surface area (Å²) in [5, 5.41) is 9.47. The molecule has 0 radical (unpaired) electrons. The highest BCUT2D eigenvalue weighted by Crippen LogP contribution is 2.18. The lowest BCUT2D eigenvalue weighted by Crippen LogP contribution is -2.46. The number of nitrogens with one attached hydrogen (secondary N) is 2. The molecule has 2 aliphatic heterocycles. The summed E-state index contributed by atoms with van der Waals surface area (Å²) >= 11 is 1.66. The number of hydrogen-bond donors (Lipinski definition) is 2. The highest BCUT2D eigenvalue weighted by atomic mass is 32.1. The average Bonchev–Trinajstić information content (AvgIpc) is 3.32. The third-order valence-corrected chi connectivity index (χ3v) is 6.13.